The number of nitrogens with zero attached hydrogens (tertiary/aromatic N) is 2. The van der Waals surface area contributed by atoms with Gasteiger partial charge in [-0.2, -0.15) is 4.99 Å². The van der Waals surface area contributed by atoms with Crippen LogP contribution >= 0.6 is 11.3 Å². The van der Waals surface area contributed by atoms with Gasteiger partial charge in [0.15, 0.2) is 11.4 Å². The maximum atomic E-state index is 12.3. The number of primary sulfonamides is 1. The van der Waals surface area contributed by atoms with E-state index in [1.165, 1.54) is 19.2 Å². The minimum Gasteiger partial charge on any atom is -0.484 e. The first-order valence-electron chi connectivity index (χ1n) is 8.76. The van der Waals surface area contributed by atoms with Gasteiger partial charge in [0.2, 0.25) is 10.0 Å². The van der Waals surface area contributed by atoms with Gasteiger partial charge in [-0.3, -0.25) is 9.59 Å². The van der Waals surface area contributed by atoms with E-state index in [0.29, 0.717) is 20.8 Å². The molecule has 2 aromatic carbocycles. The largest absolute Gasteiger partial charge is 0.484 e. The van der Waals surface area contributed by atoms with Crippen molar-refractivity contribution < 1.29 is 27.5 Å². The van der Waals surface area contributed by atoms with Crippen LogP contribution in [0.5, 0.6) is 5.75 Å². The summed E-state index contributed by atoms with van der Waals surface area (Å²) in [4.78, 5) is 28.3. The summed E-state index contributed by atoms with van der Waals surface area (Å²) < 4.78 is 35.6. The molecule has 0 unspecified atom stereocenters. The number of hydrogen-bond acceptors (Lipinski definition) is 7. The van der Waals surface area contributed by atoms with Crippen LogP contribution in [0.3, 0.4) is 0 Å². The van der Waals surface area contributed by atoms with Gasteiger partial charge in [-0.05, 0) is 30.3 Å². The predicted molar refractivity (Wildman–Crippen MR) is 110 cm³/mol. The highest BCUT2D eigenvalue weighted by molar-refractivity contribution is 7.89. The number of amides is 1. The summed E-state index contributed by atoms with van der Waals surface area (Å²) in [6.07, 6.45) is 0.0567. The van der Waals surface area contributed by atoms with E-state index in [4.69, 9.17) is 9.88 Å². The van der Waals surface area contributed by atoms with Crippen molar-refractivity contribution in [2.45, 2.75) is 17.9 Å². The molecule has 9 nitrogen and oxygen atoms in total. The third-order valence-corrected chi connectivity index (χ3v) is 6.03. The SMILES string of the molecule is COC(=O)CCn1c(=NC(=O)COc2ccccc2)sc2cc(S(N)(=O)=O)ccc21. The van der Waals surface area contributed by atoms with E-state index in [1.54, 1.807) is 34.9 Å². The summed E-state index contributed by atoms with van der Waals surface area (Å²) in [6, 6.07) is 13.2. The van der Waals surface area contributed by atoms with Crippen LogP contribution in [0, 0.1) is 0 Å². The average molecular weight is 450 g/mol. The number of methoxy groups -OCH3 is 1. The highest BCUT2D eigenvalue weighted by Gasteiger charge is 2.14. The number of benzene rings is 2. The van der Waals surface area contributed by atoms with Crippen LogP contribution < -0.4 is 14.7 Å². The highest BCUT2D eigenvalue weighted by atomic mass is 32.2. The Balaban J connectivity index is 1.96. The van der Waals surface area contributed by atoms with E-state index >= 15 is 0 Å². The molecule has 30 heavy (non-hydrogen) atoms. The maximum Gasteiger partial charge on any atom is 0.307 e. The first-order valence-corrected chi connectivity index (χ1v) is 11.1. The lowest BCUT2D eigenvalue weighted by Gasteiger charge is -2.05. The Kier molecular flexibility index (Phi) is 6.65. The van der Waals surface area contributed by atoms with Crippen molar-refractivity contribution in [1.82, 2.24) is 4.57 Å². The number of carbonyl (C=O) groups is 2. The molecule has 158 valence electrons. The van der Waals surface area contributed by atoms with E-state index in [-0.39, 0.29) is 24.5 Å². The van der Waals surface area contributed by atoms with Crippen LogP contribution in [0.1, 0.15) is 6.42 Å². The van der Waals surface area contributed by atoms with Gasteiger partial charge in [-0.15, -0.1) is 0 Å². The molecule has 0 aliphatic rings. The van der Waals surface area contributed by atoms with Crippen molar-refractivity contribution in [3.8, 4) is 5.75 Å². The molecule has 0 fully saturated rings. The standard InChI is InChI=1S/C19H19N3O6S2/c1-27-18(24)9-10-22-15-8-7-14(30(20,25)26)11-16(15)29-19(22)21-17(23)12-28-13-5-3-2-4-6-13/h2-8,11H,9-10,12H2,1H3,(H2,20,25,26). The van der Waals surface area contributed by atoms with E-state index in [0.717, 1.165) is 11.3 Å². The fourth-order valence-electron chi connectivity index (χ4n) is 2.64. The summed E-state index contributed by atoms with van der Waals surface area (Å²) in [5, 5.41) is 5.20. The number of nitrogens with two attached hydrogens (primary N) is 1. The molecule has 0 aliphatic carbocycles. The van der Waals surface area contributed by atoms with Crippen molar-refractivity contribution in [3.63, 3.8) is 0 Å². The van der Waals surface area contributed by atoms with Crippen molar-refractivity contribution in [1.29, 1.82) is 0 Å². The van der Waals surface area contributed by atoms with Gasteiger partial charge < -0.3 is 14.0 Å². The molecule has 0 atom stereocenters. The van der Waals surface area contributed by atoms with Crippen LogP contribution in [0.2, 0.25) is 0 Å². The van der Waals surface area contributed by atoms with Gasteiger partial charge in [0.1, 0.15) is 5.75 Å². The van der Waals surface area contributed by atoms with Crippen molar-refractivity contribution >= 4 is 43.5 Å². The quantitative estimate of drug-likeness (QED) is 0.543. The van der Waals surface area contributed by atoms with Gasteiger partial charge >= 0.3 is 5.97 Å². The summed E-state index contributed by atoms with van der Waals surface area (Å²) in [6.45, 7) is -0.0647. The fourth-order valence-corrected chi connectivity index (χ4v) is 4.36. The average Bonchev–Trinajstić information content (AvgIpc) is 3.06. The Labute approximate surface area is 176 Å². The van der Waals surface area contributed by atoms with Gasteiger partial charge in [0.25, 0.3) is 5.91 Å². The second-order valence-corrected chi connectivity index (χ2v) is 8.71. The Morgan fingerprint density at radius 1 is 1.17 bits per heavy atom. The molecule has 1 aromatic heterocycles. The number of thiazole rings is 1. The van der Waals surface area contributed by atoms with Gasteiger partial charge in [0.05, 0.1) is 28.6 Å². The second kappa shape index (κ2) is 9.20. The number of fused-ring (bicyclic) bond motifs is 1. The normalized spacial score (nSPS) is 12.1. The number of rotatable bonds is 7. The molecule has 1 heterocycles. The molecule has 11 heteroatoms. The number of ether oxygens (including phenoxy) is 2. The molecular formula is C19H19N3O6S2. The number of hydrogen-bond donors (Lipinski definition) is 1. The molecule has 3 rings (SSSR count). The lowest BCUT2D eigenvalue weighted by atomic mass is 10.3. The van der Waals surface area contributed by atoms with Crippen molar-refractivity contribution in [2.75, 3.05) is 13.7 Å². The summed E-state index contributed by atoms with van der Waals surface area (Å²) in [5.41, 5.74) is 0.617. The van der Waals surface area contributed by atoms with Crippen LogP contribution in [-0.4, -0.2) is 38.6 Å². The zero-order chi connectivity index (χ0) is 21.7. The first kappa shape index (κ1) is 21.7. The number of carbonyl (C=O) groups excluding carboxylic acids is 2. The molecule has 0 aliphatic heterocycles. The lowest BCUT2D eigenvalue weighted by Crippen LogP contribution is -2.21. The number of aryl methyl sites for hydroxylation is 1. The summed E-state index contributed by atoms with van der Waals surface area (Å²) >= 11 is 1.11. The van der Waals surface area contributed by atoms with Crippen LogP contribution in [-0.2, 0) is 30.9 Å². The van der Waals surface area contributed by atoms with Gasteiger partial charge in [0, 0.05) is 6.54 Å². The van der Waals surface area contributed by atoms with Crippen LogP contribution in [0.25, 0.3) is 10.2 Å². The van der Waals surface area contributed by atoms with E-state index < -0.39 is 21.9 Å². The van der Waals surface area contributed by atoms with E-state index in [1.807, 2.05) is 6.07 Å². The van der Waals surface area contributed by atoms with Crippen LogP contribution in [0.4, 0.5) is 0 Å². The lowest BCUT2D eigenvalue weighted by molar-refractivity contribution is -0.140. The molecule has 0 saturated heterocycles. The molecule has 0 bridgehead atoms. The zero-order valence-corrected chi connectivity index (χ0v) is 17.6. The van der Waals surface area contributed by atoms with Crippen LogP contribution in [0.15, 0.2) is 58.4 Å². The predicted octanol–water partition coefficient (Wildman–Crippen LogP) is 1.42. The summed E-state index contributed by atoms with van der Waals surface area (Å²) in [5.74, 6) is -0.412. The molecule has 2 N–H and O–H groups in total. The fraction of sp³-hybridized carbons (Fsp3) is 0.211. The molecule has 0 spiro atoms. The molecule has 1 amide bonds. The third-order valence-electron chi connectivity index (χ3n) is 4.08. The number of sulfonamides is 1. The minimum absolute atomic E-state index is 0.0540. The number of aromatic nitrogens is 1. The first-order chi connectivity index (χ1) is 14.3. The van der Waals surface area contributed by atoms with Crippen molar-refractivity contribution in [3.05, 3.63) is 53.3 Å². The van der Waals surface area contributed by atoms with Crippen molar-refractivity contribution in [2.24, 2.45) is 10.1 Å². The minimum atomic E-state index is -3.88. The second-order valence-electron chi connectivity index (χ2n) is 6.14. The smallest absolute Gasteiger partial charge is 0.307 e. The number of para-hydroxylation sites is 1. The monoisotopic (exact) mass is 449 g/mol. The zero-order valence-electron chi connectivity index (χ0n) is 16.0. The van der Waals surface area contributed by atoms with Gasteiger partial charge in [-0.1, -0.05) is 29.5 Å². The Bertz CT molecular complexity index is 1250. The molecular weight excluding hydrogens is 430 g/mol. The highest BCUT2D eigenvalue weighted by Crippen LogP contribution is 2.21. The Morgan fingerprint density at radius 3 is 2.57 bits per heavy atom. The van der Waals surface area contributed by atoms with E-state index in [9.17, 15) is 18.0 Å². The molecule has 0 saturated carbocycles. The topological polar surface area (TPSA) is 130 Å². The third kappa shape index (κ3) is 5.32. The number of esters is 1. The summed E-state index contributed by atoms with van der Waals surface area (Å²) in [7, 11) is -2.60. The Hall–Kier alpha value is -3.02. The van der Waals surface area contributed by atoms with Gasteiger partial charge in [-0.25, -0.2) is 13.6 Å². The molecule has 3 aromatic rings. The van der Waals surface area contributed by atoms with E-state index in [2.05, 4.69) is 9.73 Å². The maximum absolute atomic E-state index is 12.3. The molecule has 0 radical (unpaired) electrons. The Morgan fingerprint density at radius 2 is 1.90 bits per heavy atom.